The normalized spacial score (nSPS) is 11.3. The third-order valence-corrected chi connectivity index (χ3v) is 4.76. The number of ether oxygens (including phenoxy) is 1. The second kappa shape index (κ2) is 6.13. The zero-order valence-corrected chi connectivity index (χ0v) is 13.6. The Kier molecular flexibility index (Phi) is 4.70. The number of nitrogens with one attached hydrogen (secondary N) is 1. The second-order valence-corrected chi connectivity index (χ2v) is 7.07. The molecule has 2 rings (SSSR count). The van der Waals surface area contributed by atoms with Crippen molar-refractivity contribution in [2.24, 2.45) is 0 Å². The van der Waals surface area contributed by atoms with Gasteiger partial charge in [0.2, 0.25) is 10.0 Å². The minimum atomic E-state index is -3.51. The molecular weight excluding hydrogens is 366 g/mol. The van der Waals surface area contributed by atoms with Crippen molar-refractivity contribution in [1.29, 1.82) is 0 Å². The van der Waals surface area contributed by atoms with Crippen molar-refractivity contribution in [1.82, 2.24) is 4.72 Å². The Hall–Kier alpha value is -1.08. The van der Waals surface area contributed by atoms with E-state index in [1.165, 1.54) is 25.2 Å². The molecule has 20 heavy (non-hydrogen) atoms. The maximum absolute atomic E-state index is 11.6. The van der Waals surface area contributed by atoms with E-state index >= 15 is 0 Å². The van der Waals surface area contributed by atoms with Crippen LogP contribution >= 0.6 is 27.5 Å². The molecule has 0 saturated carbocycles. The number of sulfonamides is 1. The minimum Gasteiger partial charge on any atom is -0.456 e. The zero-order chi connectivity index (χ0) is 14.8. The zero-order valence-electron chi connectivity index (χ0n) is 10.4. The van der Waals surface area contributed by atoms with Crippen LogP contribution in [0.2, 0.25) is 5.02 Å². The Bertz CT molecular complexity index is 717. The van der Waals surface area contributed by atoms with Gasteiger partial charge in [0.25, 0.3) is 0 Å². The summed E-state index contributed by atoms with van der Waals surface area (Å²) in [4.78, 5) is 0.0909. The van der Waals surface area contributed by atoms with Gasteiger partial charge in [-0.15, -0.1) is 0 Å². The molecular formula is C13H11BrClNO3S. The molecule has 0 bridgehead atoms. The van der Waals surface area contributed by atoms with E-state index < -0.39 is 10.0 Å². The lowest BCUT2D eigenvalue weighted by molar-refractivity contribution is 0.482. The van der Waals surface area contributed by atoms with Crippen molar-refractivity contribution >= 4 is 37.6 Å². The number of hydrogen-bond acceptors (Lipinski definition) is 3. The van der Waals surface area contributed by atoms with E-state index in [2.05, 4.69) is 20.7 Å². The van der Waals surface area contributed by atoms with Crippen molar-refractivity contribution in [3.05, 3.63) is 52.0 Å². The molecule has 2 aromatic carbocycles. The topological polar surface area (TPSA) is 55.4 Å². The highest BCUT2D eigenvalue weighted by Crippen LogP contribution is 2.31. The van der Waals surface area contributed by atoms with E-state index in [-0.39, 0.29) is 9.92 Å². The summed E-state index contributed by atoms with van der Waals surface area (Å²) in [5.41, 5.74) is 0. The minimum absolute atomic E-state index is 0.0909. The molecule has 0 atom stereocenters. The van der Waals surface area contributed by atoms with Crippen molar-refractivity contribution in [2.45, 2.75) is 4.90 Å². The molecule has 0 saturated heterocycles. The van der Waals surface area contributed by atoms with Gasteiger partial charge in [-0.3, -0.25) is 0 Å². The van der Waals surface area contributed by atoms with Crippen LogP contribution < -0.4 is 9.46 Å². The lowest BCUT2D eigenvalue weighted by Gasteiger charge is -2.09. The maximum Gasteiger partial charge on any atom is 0.240 e. The van der Waals surface area contributed by atoms with E-state index in [1.54, 1.807) is 12.1 Å². The van der Waals surface area contributed by atoms with Crippen LogP contribution in [0.1, 0.15) is 0 Å². The first-order valence-electron chi connectivity index (χ1n) is 5.59. The van der Waals surface area contributed by atoms with Crippen LogP contribution in [-0.2, 0) is 10.0 Å². The molecule has 0 amide bonds. The van der Waals surface area contributed by atoms with Gasteiger partial charge in [-0.2, -0.15) is 0 Å². The summed E-state index contributed by atoms with van der Waals surface area (Å²) in [6, 6.07) is 11.5. The largest absolute Gasteiger partial charge is 0.456 e. The second-order valence-electron chi connectivity index (χ2n) is 3.86. The summed E-state index contributed by atoms with van der Waals surface area (Å²) in [7, 11) is -2.17. The van der Waals surface area contributed by atoms with Gasteiger partial charge in [0.05, 0.1) is 9.92 Å². The van der Waals surface area contributed by atoms with Gasteiger partial charge < -0.3 is 4.74 Å². The number of rotatable bonds is 4. The Balaban J connectivity index is 2.29. The molecule has 0 spiro atoms. The predicted octanol–water partition coefficient (Wildman–Crippen LogP) is 3.80. The first kappa shape index (κ1) is 15.3. The van der Waals surface area contributed by atoms with Crippen LogP contribution in [-0.4, -0.2) is 15.5 Å². The molecule has 0 unspecified atom stereocenters. The summed E-state index contributed by atoms with van der Waals surface area (Å²) in [5.74, 6) is 1.00. The van der Waals surface area contributed by atoms with Crippen molar-refractivity contribution in [3.63, 3.8) is 0 Å². The first-order chi connectivity index (χ1) is 9.42. The molecule has 2 aromatic rings. The van der Waals surface area contributed by atoms with Gasteiger partial charge in [0, 0.05) is 4.47 Å². The molecule has 0 heterocycles. The van der Waals surface area contributed by atoms with Crippen LogP contribution in [0, 0.1) is 0 Å². The Morgan fingerprint density at radius 3 is 2.35 bits per heavy atom. The Morgan fingerprint density at radius 2 is 1.80 bits per heavy atom. The van der Waals surface area contributed by atoms with Gasteiger partial charge in [-0.05, 0) is 49.5 Å². The highest BCUT2D eigenvalue weighted by molar-refractivity contribution is 9.10. The van der Waals surface area contributed by atoms with E-state index in [0.29, 0.717) is 11.5 Å². The third kappa shape index (κ3) is 3.52. The fourth-order valence-corrected chi connectivity index (χ4v) is 2.78. The number of hydrogen-bond donors (Lipinski definition) is 1. The molecule has 0 aromatic heterocycles. The van der Waals surface area contributed by atoms with Gasteiger partial charge >= 0.3 is 0 Å². The summed E-state index contributed by atoms with van der Waals surface area (Å²) >= 11 is 9.38. The van der Waals surface area contributed by atoms with Crippen LogP contribution in [0.15, 0.2) is 51.8 Å². The molecule has 0 aliphatic heterocycles. The summed E-state index contributed by atoms with van der Waals surface area (Å²) in [6.07, 6.45) is 0. The fourth-order valence-electron chi connectivity index (χ4n) is 1.48. The van der Waals surface area contributed by atoms with E-state index in [0.717, 1.165) is 4.47 Å². The van der Waals surface area contributed by atoms with Crippen molar-refractivity contribution < 1.29 is 13.2 Å². The lowest BCUT2D eigenvalue weighted by Crippen LogP contribution is -2.18. The first-order valence-corrected chi connectivity index (χ1v) is 8.24. The van der Waals surface area contributed by atoms with Gasteiger partial charge in [0.15, 0.2) is 0 Å². The summed E-state index contributed by atoms with van der Waals surface area (Å²) in [6.45, 7) is 0. The van der Waals surface area contributed by atoms with Gasteiger partial charge in [-0.25, -0.2) is 13.1 Å². The Morgan fingerprint density at radius 1 is 1.15 bits per heavy atom. The monoisotopic (exact) mass is 375 g/mol. The summed E-state index contributed by atoms with van der Waals surface area (Å²) < 4.78 is 32.1. The molecule has 0 radical (unpaired) electrons. The molecule has 106 valence electrons. The van der Waals surface area contributed by atoms with Gasteiger partial charge in [-0.1, -0.05) is 27.5 Å². The van der Waals surface area contributed by atoms with E-state index in [9.17, 15) is 8.42 Å². The van der Waals surface area contributed by atoms with Crippen molar-refractivity contribution in [3.8, 4) is 11.5 Å². The van der Waals surface area contributed by atoms with E-state index in [1.807, 2.05) is 12.1 Å². The standard InChI is InChI=1S/C13H11BrClNO3S/c1-16-20(17,18)11-6-7-13(12(15)8-11)19-10-4-2-9(14)3-5-10/h2-8,16H,1H3. The van der Waals surface area contributed by atoms with Crippen LogP contribution in [0.5, 0.6) is 11.5 Å². The predicted molar refractivity (Wildman–Crippen MR) is 81.9 cm³/mol. The number of halogens is 2. The van der Waals surface area contributed by atoms with Gasteiger partial charge in [0.1, 0.15) is 11.5 Å². The van der Waals surface area contributed by atoms with Crippen LogP contribution in [0.25, 0.3) is 0 Å². The molecule has 4 nitrogen and oxygen atoms in total. The Labute approximate surface area is 130 Å². The average molecular weight is 377 g/mol. The SMILES string of the molecule is CNS(=O)(=O)c1ccc(Oc2ccc(Br)cc2)c(Cl)c1. The molecule has 0 aliphatic carbocycles. The number of benzene rings is 2. The average Bonchev–Trinajstić information content (AvgIpc) is 2.43. The van der Waals surface area contributed by atoms with E-state index in [4.69, 9.17) is 16.3 Å². The lowest BCUT2D eigenvalue weighted by atomic mass is 10.3. The fraction of sp³-hybridized carbons (Fsp3) is 0.0769. The van der Waals surface area contributed by atoms with Crippen LogP contribution in [0.3, 0.4) is 0 Å². The van der Waals surface area contributed by atoms with Crippen molar-refractivity contribution in [2.75, 3.05) is 7.05 Å². The van der Waals surface area contributed by atoms with Crippen LogP contribution in [0.4, 0.5) is 0 Å². The summed E-state index contributed by atoms with van der Waals surface area (Å²) in [5, 5.41) is 0.226. The molecule has 7 heteroatoms. The third-order valence-electron chi connectivity index (χ3n) is 2.52. The molecule has 0 aliphatic rings. The quantitative estimate of drug-likeness (QED) is 0.883. The highest BCUT2D eigenvalue weighted by atomic mass is 79.9. The highest BCUT2D eigenvalue weighted by Gasteiger charge is 2.14. The smallest absolute Gasteiger partial charge is 0.240 e. The molecule has 0 fully saturated rings. The molecule has 1 N–H and O–H groups in total. The maximum atomic E-state index is 11.6.